The molecule has 0 radical (unpaired) electrons. The second kappa shape index (κ2) is 10.7. The zero-order valence-electron chi connectivity index (χ0n) is 20.0. The predicted molar refractivity (Wildman–Crippen MR) is 129 cm³/mol. The Balaban J connectivity index is 1.70. The summed E-state index contributed by atoms with van der Waals surface area (Å²) >= 11 is 5.97. The van der Waals surface area contributed by atoms with Crippen molar-refractivity contribution in [3.05, 3.63) is 46.9 Å². The number of anilines is 1. The van der Waals surface area contributed by atoms with Crippen LogP contribution in [-0.2, 0) is 16.0 Å². The lowest BCUT2D eigenvalue weighted by atomic mass is 10.0. The fourth-order valence-electron chi connectivity index (χ4n) is 3.39. The van der Waals surface area contributed by atoms with E-state index >= 15 is 0 Å². The summed E-state index contributed by atoms with van der Waals surface area (Å²) in [7, 11) is 3.03. The Kier molecular flexibility index (Phi) is 7.98. The Bertz CT molecular complexity index is 1100. The average molecular weight is 489 g/mol. The fourth-order valence-corrected chi connectivity index (χ4v) is 3.57. The molecule has 2 aromatic rings. The first-order valence-electron chi connectivity index (χ1n) is 10.8. The zero-order chi connectivity index (χ0) is 24.9. The Morgan fingerprint density at radius 3 is 2.53 bits per heavy atom. The van der Waals surface area contributed by atoms with Gasteiger partial charge in [0.15, 0.2) is 0 Å². The summed E-state index contributed by atoms with van der Waals surface area (Å²) in [4.78, 5) is 35.3. The van der Waals surface area contributed by atoms with E-state index < -0.39 is 5.60 Å². The van der Waals surface area contributed by atoms with Crippen molar-refractivity contribution in [3.63, 3.8) is 0 Å². The number of aromatic nitrogens is 2. The molecule has 3 heterocycles. The highest BCUT2D eigenvalue weighted by Crippen LogP contribution is 2.29. The number of methoxy groups -OCH3 is 2. The molecule has 2 aromatic heterocycles. The van der Waals surface area contributed by atoms with Crippen LogP contribution in [0.4, 0.5) is 10.6 Å². The maximum absolute atomic E-state index is 12.5. The third-order valence-corrected chi connectivity index (χ3v) is 5.19. The van der Waals surface area contributed by atoms with Crippen LogP contribution in [0.15, 0.2) is 30.6 Å². The SMILES string of the molecule is COc1cc(NC(=O)Cc2cnc(C3=CCCN(C(=O)OC(C)(C)C)C3)c(OC)c2)ncc1Cl. The number of hydrogen-bond donors (Lipinski definition) is 1. The van der Waals surface area contributed by atoms with E-state index in [0.29, 0.717) is 53.1 Å². The van der Waals surface area contributed by atoms with Crippen molar-refractivity contribution in [2.45, 2.75) is 39.2 Å². The van der Waals surface area contributed by atoms with Crippen LogP contribution in [-0.4, -0.2) is 59.8 Å². The lowest BCUT2D eigenvalue weighted by Crippen LogP contribution is -2.39. The smallest absolute Gasteiger partial charge is 0.410 e. The Labute approximate surface area is 204 Å². The van der Waals surface area contributed by atoms with Crippen LogP contribution in [0.1, 0.15) is 38.4 Å². The van der Waals surface area contributed by atoms with Gasteiger partial charge in [-0.1, -0.05) is 17.7 Å². The molecule has 0 saturated heterocycles. The second-order valence-corrected chi connectivity index (χ2v) is 9.15. The molecule has 0 aromatic carbocycles. The van der Waals surface area contributed by atoms with Crippen molar-refractivity contribution in [2.24, 2.45) is 0 Å². The molecule has 0 bridgehead atoms. The standard InChI is InChI=1S/C24H29ClN4O5/c1-24(2,3)34-23(31)29-8-6-7-16(14-29)22-19(33-5)9-15(12-27-22)10-21(30)28-20-11-18(32-4)17(25)13-26-20/h7,9,11-13H,6,8,10,14H2,1-5H3,(H,26,28,30). The van der Waals surface area contributed by atoms with E-state index in [9.17, 15) is 9.59 Å². The summed E-state index contributed by atoms with van der Waals surface area (Å²) in [6.45, 7) is 6.45. The number of nitrogens with zero attached hydrogens (tertiary/aromatic N) is 3. The molecule has 0 spiro atoms. The molecule has 1 aliphatic rings. The highest BCUT2D eigenvalue weighted by atomic mass is 35.5. The first-order chi connectivity index (χ1) is 16.1. The number of rotatable bonds is 6. The molecule has 0 atom stereocenters. The molecule has 34 heavy (non-hydrogen) atoms. The van der Waals surface area contributed by atoms with Gasteiger partial charge in [0.2, 0.25) is 5.91 Å². The van der Waals surface area contributed by atoms with Gasteiger partial charge in [-0.3, -0.25) is 9.78 Å². The first-order valence-corrected chi connectivity index (χ1v) is 11.2. The number of carbonyl (C=O) groups excluding carboxylic acids is 2. The maximum Gasteiger partial charge on any atom is 0.410 e. The Hall–Kier alpha value is -3.33. The maximum atomic E-state index is 12.5. The summed E-state index contributed by atoms with van der Waals surface area (Å²) in [5.41, 5.74) is 1.59. The molecule has 0 saturated carbocycles. The zero-order valence-corrected chi connectivity index (χ0v) is 20.7. The van der Waals surface area contributed by atoms with Crippen molar-refractivity contribution in [3.8, 4) is 11.5 Å². The molecule has 182 valence electrons. The van der Waals surface area contributed by atoms with Gasteiger partial charge in [0.25, 0.3) is 0 Å². The Morgan fingerprint density at radius 2 is 1.85 bits per heavy atom. The van der Waals surface area contributed by atoms with Crippen LogP contribution in [0.5, 0.6) is 11.5 Å². The first kappa shape index (κ1) is 25.3. The largest absolute Gasteiger partial charge is 0.495 e. The van der Waals surface area contributed by atoms with E-state index in [1.54, 1.807) is 30.3 Å². The van der Waals surface area contributed by atoms with Gasteiger partial charge in [0.05, 0.1) is 33.4 Å². The van der Waals surface area contributed by atoms with E-state index in [0.717, 1.165) is 5.57 Å². The average Bonchev–Trinajstić information content (AvgIpc) is 2.79. The third kappa shape index (κ3) is 6.60. The number of ether oxygens (including phenoxy) is 3. The molecule has 1 N–H and O–H groups in total. The predicted octanol–water partition coefficient (Wildman–Crippen LogP) is 4.35. The van der Waals surface area contributed by atoms with Crippen LogP contribution in [0, 0.1) is 0 Å². The van der Waals surface area contributed by atoms with Gasteiger partial charge in [0, 0.05) is 18.8 Å². The number of carbonyl (C=O) groups is 2. The van der Waals surface area contributed by atoms with Crippen molar-refractivity contribution >= 4 is 35.0 Å². The molecule has 3 rings (SSSR count). The summed E-state index contributed by atoms with van der Waals surface area (Å²) in [5, 5.41) is 3.07. The molecule has 1 aliphatic heterocycles. The summed E-state index contributed by atoms with van der Waals surface area (Å²) in [5.74, 6) is 0.994. The lowest BCUT2D eigenvalue weighted by Gasteiger charge is -2.30. The van der Waals surface area contributed by atoms with Gasteiger partial charge in [0.1, 0.15) is 33.6 Å². The number of nitrogens with one attached hydrogen (secondary N) is 1. The van der Waals surface area contributed by atoms with Gasteiger partial charge in [-0.15, -0.1) is 0 Å². The molecule has 10 heteroatoms. The molecule has 0 fully saturated rings. The quantitative estimate of drug-likeness (QED) is 0.644. The number of hydrogen-bond acceptors (Lipinski definition) is 7. The molecule has 0 aliphatic carbocycles. The minimum absolute atomic E-state index is 0.0688. The summed E-state index contributed by atoms with van der Waals surface area (Å²) < 4.78 is 16.2. The minimum Gasteiger partial charge on any atom is -0.495 e. The van der Waals surface area contributed by atoms with Gasteiger partial charge in [-0.2, -0.15) is 0 Å². The van der Waals surface area contributed by atoms with E-state index in [4.69, 9.17) is 25.8 Å². The monoisotopic (exact) mass is 488 g/mol. The minimum atomic E-state index is -0.566. The topological polar surface area (TPSA) is 103 Å². The van der Waals surface area contributed by atoms with E-state index in [1.165, 1.54) is 13.3 Å². The van der Waals surface area contributed by atoms with E-state index in [1.807, 2.05) is 26.8 Å². The van der Waals surface area contributed by atoms with Gasteiger partial charge >= 0.3 is 6.09 Å². The van der Waals surface area contributed by atoms with Crippen molar-refractivity contribution in [2.75, 3.05) is 32.6 Å². The number of pyridine rings is 2. The summed E-state index contributed by atoms with van der Waals surface area (Å²) in [6.07, 6.45) is 5.46. The van der Waals surface area contributed by atoms with Crippen LogP contribution in [0.25, 0.3) is 5.57 Å². The van der Waals surface area contributed by atoms with Crippen LogP contribution in [0.3, 0.4) is 0 Å². The normalized spacial score (nSPS) is 13.7. The molecule has 0 unspecified atom stereocenters. The Morgan fingerprint density at radius 1 is 1.12 bits per heavy atom. The fraction of sp³-hybridized carbons (Fsp3) is 0.417. The van der Waals surface area contributed by atoms with Crippen molar-refractivity contribution in [1.82, 2.24) is 14.9 Å². The van der Waals surface area contributed by atoms with Crippen LogP contribution in [0.2, 0.25) is 5.02 Å². The van der Waals surface area contributed by atoms with E-state index in [2.05, 4.69) is 15.3 Å². The lowest BCUT2D eigenvalue weighted by molar-refractivity contribution is -0.115. The molecular weight excluding hydrogens is 460 g/mol. The molecule has 2 amide bonds. The van der Waals surface area contributed by atoms with Gasteiger partial charge in [-0.05, 0) is 44.4 Å². The summed E-state index contributed by atoms with van der Waals surface area (Å²) in [6, 6.07) is 3.32. The van der Waals surface area contributed by atoms with Crippen molar-refractivity contribution < 1.29 is 23.8 Å². The van der Waals surface area contributed by atoms with Gasteiger partial charge < -0.3 is 24.4 Å². The third-order valence-electron chi connectivity index (χ3n) is 4.91. The van der Waals surface area contributed by atoms with Crippen LogP contribution >= 0.6 is 11.6 Å². The van der Waals surface area contributed by atoms with Crippen LogP contribution < -0.4 is 14.8 Å². The van der Waals surface area contributed by atoms with Gasteiger partial charge in [-0.25, -0.2) is 9.78 Å². The molecular formula is C24H29ClN4O5. The van der Waals surface area contributed by atoms with Crippen molar-refractivity contribution in [1.29, 1.82) is 0 Å². The highest BCUT2D eigenvalue weighted by molar-refractivity contribution is 6.32. The number of amides is 2. The van der Waals surface area contributed by atoms with E-state index in [-0.39, 0.29) is 18.4 Å². The molecule has 9 nitrogen and oxygen atoms in total. The highest BCUT2D eigenvalue weighted by Gasteiger charge is 2.26. The second-order valence-electron chi connectivity index (χ2n) is 8.74. The number of halogens is 1.